The standard InChI is InChI=1S/C16H26N2O/c1-2-9-17-10-5-6-11-18-12-13-19-16-8-4-3-7-15(16)14-18/h3-4,7-8,17H,2,5-6,9-14H2,1H3. The number of hydrogen-bond acceptors (Lipinski definition) is 3. The van der Waals surface area contributed by atoms with Crippen LogP contribution in [0, 0.1) is 0 Å². The average Bonchev–Trinajstić information content (AvgIpc) is 2.64. The molecule has 106 valence electrons. The highest BCUT2D eigenvalue weighted by molar-refractivity contribution is 5.33. The van der Waals surface area contributed by atoms with Crippen LogP contribution in [0.2, 0.25) is 0 Å². The number of fused-ring (bicyclic) bond motifs is 1. The molecule has 0 aromatic heterocycles. The molecule has 0 saturated carbocycles. The van der Waals surface area contributed by atoms with Crippen LogP contribution in [0.3, 0.4) is 0 Å². The van der Waals surface area contributed by atoms with Crippen molar-refractivity contribution in [2.24, 2.45) is 0 Å². The summed E-state index contributed by atoms with van der Waals surface area (Å²) in [7, 11) is 0. The van der Waals surface area contributed by atoms with Crippen molar-refractivity contribution >= 4 is 0 Å². The van der Waals surface area contributed by atoms with Gasteiger partial charge in [-0.05, 0) is 45.0 Å². The molecule has 3 heteroatoms. The quantitative estimate of drug-likeness (QED) is 0.765. The van der Waals surface area contributed by atoms with Gasteiger partial charge in [0.25, 0.3) is 0 Å². The third-order valence-corrected chi connectivity index (χ3v) is 3.54. The molecule has 0 radical (unpaired) electrons. The maximum absolute atomic E-state index is 5.78. The van der Waals surface area contributed by atoms with E-state index in [1.165, 1.54) is 31.4 Å². The van der Waals surface area contributed by atoms with E-state index in [1.54, 1.807) is 0 Å². The van der Waals surface area contributed by atoms with Crippen LogP contribution < -0.4 is 10.1 Å². The van der Waals surface area contributed by atoms with Gasteiger partial charge in [-0.2, -0.15) is 0 Å². The Balaban J connectivity index is 1.70. The Kier molecular flexibility index (Phi) is 6.18. The van der Waals surface area contributed by atoms with Gasteiger partial charge >= 0.3 is 0 Å². The Bertz CT molecular complexity index is 368. The van der Waals surface area contributed by atoms with Crippen LogP contribution in [0.1, 0.15) is 31.7 Å². The summed E-state index contributed by atoms with van der Waals surface area (Å²) >= 11 is 0. The molecule has 1 aliphatic rings. The molecule has 0 amide bonds. The minimum absolute atomic E-state index is 0.811. The summed E-state index contributed by atoms with van der Waals surface area (Å²) in [5.74, 6) is 1.06. The van der Waals surface area contributed by atoms with Gasteiger partial charge in [0.1, 0.15) is 12.4 Å². The third kappa shape index (κ3) is 4.84. The van der Waals surface area contributed by atoms with Gasteiger partial charge < -0.3 is 10.1 Å². The van der Waals surface area contributed by atoms with Gasteiger partial charge in [0, 0.05) is 18.7 Å². The number of rotatable bonds is 7. The van der Waals surface area contributed by atoms with Gasteiger partial charge in [0.2, 0.25) is 0 Å². The van der Waals surface area contributed by atoms with Crippen molar-refractivity contribution in [2.75, 3.05) is 32.8 Å². The Morgan fingerprint density at radius 1 is 1.21 bits per heavy atom. The minimum atomic E-state index is 0.811. The maximum Gasteiger partial charge on any atom is 0.123 e. The van der Waals surface area contributed by atoms with Gasteiger partial charge in [-0.3, -0.25) is 4.90 Å². The van der Waals surface area contributed by atoms with Crippen molar-refractivity contribution in [3.05, 3.63) is 29.8 Å². The lowest BCUT2D eigenvalue weighted by Crippen LogP contribution is -2.27. The molecule has 0 aliphatic carbocycles. The Morgan fingerprint density at radius 2 is 2.11 bits per heavy atom. The molecule has 1 aromatic carbocycles. The van der Waals surface area contributed by atoms with Crippen molar-refractivity contribution in [2.45, 2.75) is 32.7 Å². The molecule has 1 heterocycles. The molecule has 0 fully saturated rings. The van der Waals surface area contributed by atoms with E-state index < -0.39 is 0 Å². The fraction of sp³-hybridized carbons (Fsp3) is 0.625. The summed E-state index contributed by atoms with van der Waals surface area (Å²) in [6.07, 6.45) is 3.75. The molecule has 0 atom stereocenters. The minimum Gasteiger partial charge on any atom is -0.492 e. The summed E-state index contributed by atoms with van der Waals surface area (Å²) in [6, 6.07) is 8.40. The van der Waals surface area contributed by atoms with E-state index in [0.29, 0.717) is 0 Å². The highest BCUT2D eigenvalue weighted by Crippen LogP contribution is 2.22. The number of unbranched alkanes of at least 4 members (excludes halogenated alkanes) is 1. The zero-order valence-corrected chi connectivity index (χ0v) is 12.0. The Labute approximate surface area is 116 Å². The second-order valence-electron chi connectivity index (χ2n) is 5.19. The van der Waals surface area contributed by atoms with E-state index in [4.69, 9.17) is 4.74 Å². The lowest BCUT2D eigenvalue weighted by Gasteiger charge is -2.19. The smallest absolute Gasteiger partial charge is 0.123 e. The van der Waals surface area contributed by atoms with E-state index in [9.17, 15) is 0 Å². The van der Waals surface area contributed by atoms with Crippen LogP contribution in [-0.2, 0) is 6.54 Å². The van der Waals surface area contributed by atoms with Crippen LogP contribution in [0.25, 0.3) is 0 Å². The van der Waals surface area contributed by atoms with Crippen LogP contribution in [0.4, 0.5) is 0 Å². The Morgan fingerprint density at radius 3 is 3.00 bits per heavy atom. The fourth-order valence-electron chi connectivity index (χ4n) is 2.46. The normalized spacial score (nSPS) is 15.6. The summed E-state index contributed by atoms with van der Waals surface area (Å²) in [6.45, 7) is 8.55. The van der Waals surface area contributed by atoms with Crippen molar-refractivity contribution in [1.29, 1.82) is 0 Å². The summed E-state index contributed by atoms with van der Waals surface area (Å²) < 4.78 is 5.78. The number of ether oxygens (including phenoxy) is 1. The molecule has 0 saturated heterocycles. The van der Waals surface area contributed by atoms with Crippen molar-refractivity contribution < 1.29 is 4.74 Å². The second kappa shape index (κ2) is 8.18. The van der Waals surface area contributed by atoms with Gasteiger partial charge in [0.05, 0.1) is 0 Å². The first-order valence-corrected chi connectivity index (χ1v) is 7.54. The first-order valence-electron chi connectivity index (χ1n) is 7.54. The summed E-state index contributed by atoms with van der Waals surface area (Å²) in [5, 5.41) is 3.46. The van der Waals surface area contributed by atoms with E-state index in [1.807, 2.05) is 6.07 Å². The van der Waals surface area contributed by atoms with Crippen LogP contribution in [0.5, 0.6) is 5.75 Å². The molecule has 1 N–H and O–H groups in total. The summed E-state index contributed by atoms with van der Waals surface area (Å²) in [4.78, 5) is 2.51. The molecule has 0 bridgehead atoms. The molecule has 3 nitrogen and oxygen atoms in total. The predicted molar refractivity (Wildman–Crippen MR) is 79.6 cm³/mol. The molecular formula is C16H26N2O. The van der Waals surface area contributed by atoms with Crippen molar-refractivity contribution in [1.82, 2.24) is 10.2 Å². The van der Waals surface area contributed by atoms with Gasteiger partial charge in [-0.1, -0.05) is 25.1 Å². The number of nitrogens with zero attached hydrogens (tertiary/aromatic N) is 1. The lowest BCUT2D eigenvalue weighted by atomic mass is 10.2. The molecule has 2 rings (SSSR count). The largest absolute Gasteiger partial charge is 0.492 e. The number of benzene rings is 1. The van der Waals surface area contributed by atoms with Gasteiger partial charge in [-0.15, -0.1) is 0 Å². The number of hydrogen-bond donors (Lipinski definition) is 1. The predicted octanol–water partition coefficient (Wildman–Crippen LogP) is 2.66. The average molecular weight is 262 g/mol. The lowest BCUT2D eigenvalue weighted by molar-refractivity contribution is 0.222. The third-order valence-electron chi connectivity index (χ3n) is 3.54. The van der Waals surface area contributed by atoms with Crippen LogP contribution in [0.15, 0.2) is 24.3 Å². The second-order valence-corrected chi connectivity index (χ2v) is 5.19. The summed E-state index contributed by atoms with van der Waals surface area (Å²) in [5.41, 5.74) is 1.32. The first-order chi connectivity index (χ1) is 9.40. The van der Waals surface area contributed by atoms with Crippen LogP contribution >= 0.6 is 0 Å². The number of nitrogens with one attached hydrogen (secondary N) is 1. The van der Waals surface area contributed by atoms with E-state index in [0.717, 1.165) is 38.5 Å². The zero-order chi connectivity index (χ0) is 13.3. The highest BCUT2D eigenvalue weighted by atomic mass is 16.5. The van der Waals surface area contributed by atoms with Gasteiger partial charge in [0.15, 0.2) is 0 Å². The molecule has 0 spiro atoms. The highest BCUT2D eigenvalue weighted by Gasteiger charge is 2.13. The monoisotopic (exact) mass is 262 g/mol. The SMILES string of the molecule is CCCNCCCCN1CCOc2ccccc2C1. The first kappa shape index (κ1) is 14.4. The van der Waals surface area contributed by atoms with E-state index in [-0.39, 0.29) is 0 Å². The maximum atomic E-state index is 5.78. The fourth-order valence-corrected chi connectivity index (χ4v) is 2.46. The van der Waals surface area contributed by atoms with Crippen molar-refractivity contribution in [3.8, 4) is 5.75 Å². The molecule has 0 unspecified atom stereocenters. The zero-order valence-electron chi connectivity index (χ0n) is 12.0. The van der Waals surface area contributed by atoms with Crippen LogP contribution in [-0.4, -0.2) is 37.7 Å². The molecular weight excluding hydrogens is 236 g/mol. The molecule has 1 aliphatic heterocycles. The van der Waals surface area contributed by atoms with Gasteiger partial charge in [-0.25, -0.2) is 0 Å². The molecule has 1 aromatic rings. The Hall–Kier alpha value is -1.06. The van der Waals surface area contributed by atoms with E-state index >= 15 is 0 Å². The molecule has 19 heavy (non-hydrogen) atoms. The number of para-hydroxylation sites is 1. The van der Waals surface area contributed by atoms with Crippen molar-refractivity contribution in [3.63, 3.8) is 0 Å². The van der Waals surface area contributed by atoms with E-state index in [2.05, 4.69) is 35.3 Å². The topological polar surface area (TPSA) is 24.5 Å².